The second-order valence-corrected chi connectivity index (χ2v) is 12.1. The molecule has 37 heavy (non-hydrogen) atoms. The van der Waals surface area contributed by atoms with Crippen LogP contribution in [-0.4, -0.2) is 82.6 Å². The van der Waals surface area contributed by atoms with Crippen LogP contribution in [0.2, 0.25) is 10.0 Å². The summed E-state index contributed by atoms with van der Waals surface area (Å²) in [5, 5.41) is 1.02. The van der Waals surface area contributed by atoms with E-state index in [9.17, 15) is 13.2 Å². The third-order valence-electron chi connectivity index (χ3n) is 7.00. The van der Waals surface area contributed by atoms with E-state index in [0.29, 0.717) is 71.0 Å². The number of methoxy groups -OCH3 is 1. The van der Waals surface area contributed by atoms with Crippen molar-refractivity contribution < 1.29 is 22.7 Å². The Morgan fingerprint density at radius 2 is 1.68 bits per heavy atom. The molecule has 1 atom stereocenters. The van der Waals surface area contributed by atoms with E-state index in [0.717, 1.165) is 12.1 Å². The summed E-state index contributed by atoms with van der Waals surface area (Å²) >= 11 is 12.1. The SMILES string of the molecule is COc1cc(C)c(S(=O)(=O)N2CCCC2COCC(=O)N2CCN(c3ccc(Cl)c(Cl)c3)CC2)c(C)c1. The quantitative estimate of drug-likeness (QED) is 0.475. The van der Waals surface area contributed by atoms with Crippen LogP contribution in [0.5, 0.6) is 5.75 Å². The Labute approximate surface area is 229 Å². The number of hydrogen-bond donors (Lipinski definition) is 0. The fourth-order valence-electron chi connectivity index (χ4n) is 5.11. The van der Waals surface area contributed by atoms with Gasteiger partial charge in [-0.3, -0.25) is 4.79 Å². The molecule has 202 valence electrons. The normalized spacial score (nSPS) is 18.9. The number of sulfonamides is 1. The van der Waals surface area contributed by atoms with Crippen molar-refractivity contribution in [1.29, 1.82) is 0 Å². The number of nitrogens with zero attached hydrogens (tertiary/aromatic N) is 3. The average Bonchev–Trinajstić information content (AvgIpc) is 3.34. The van der Waals surface area contributed by atoms with E-state index >= 15 is 0 Å². The largest absolute Gasteiger partial charge is 0.497 e. The fourth-order valence-corrected chi connectivity index (χ4v) is 7.50. The molecule has 0 spiro atoms. The Hall–Kier alpha value is -2.04. The molecule has 2 heterocycles. The summed E-state index contributed by atoms with van der Waals surface area (Å²) in [4.78, 5) is 17.0. The van der Waals surface area contributed by atoms with Gasteiger partial charge in [0.15, 0.2) is 0 Å². The molecule has 11 heteroatoms. The van der Waals surface area contributed by atoms with E-state index in [1.54, 1.807) is 44.1 Å². The predicted molar refractivity (Wildman–Crippen MR) is 145 cm³/mol. The highest BCUT2D eigenvalue weighted by Gasteiger charge is 2.37. The maximum Gasteiger partial charge on any atom is 0.248 e. The zero-order valence-corrected chi connectivity index (χ0v) is 23.7. The number of piperazine rings is 1. The lowest BCUT2D eigenvalue weighted by molar-refractivity contribution is -0.136. The third kappa shape index (κ3) is 6.17. The van der Waals surface area contributed by atoms with Crippen LogP contribution in [0.4, 0.5) is 5.69 Å². The molecular weight excluding hydrogens is 537 g/mol. The first-order valence-corrected chi connectivity index (χ1v) is 14.5. The molecule has 2 fully saturated rings. The van der Waals surface area contributed by atoms with Gasteiger partial charge in [-0.15, -0.1) is 0 Å². The number of anilines is 1. The maximum atomic E-state index is 13.6. The summed E-state index contributed by atoms with van der Waals surface area (Å²) < 4.78 is 39.7. The minimum atomic E-state index is -3.70. The number of rotatable bonds is 8. The van der Waals surface area contributed by atoms with E-state index in [-0.39, 0.29) is 25.2 Å². The van der Waals surface area contributed by atoms with Crippen LogP contribution in [0.1, 0.15) is 24.0 Å². The van der Waals surface area contributed by atoms with E-state index < -0.39 is 10.0 Å². The number of aryl methyl sites for hydroxylation is 2. The van der Waals surface area contributed by atoms with Gasteiger partial charge < -0.3 is 19.3 Å². The van der Waals surface area contributed by atoms with Crippen LogP contribution in [0.15, 0.2) is 35.2 Å². The second kappa shape index (κ2) is 11.8. The number of halogens is 2. The highest BCUT2D eigenvalue weighted by atomic mass is 35.5. The van der Waals surface area contributed by atoms with Gasteiger partial charge >= 0.3 is 0 Å². The third-order valence-corrected chi connectivity index (χ3v) is 9.99. The first kappa shape index (κ1) is 28.0. The van der Waals surface area contributed by atoms with Crippen molar-refractivity contribution in [3.63, 3.8) is 0 Å². The number of benzene rings is 2. The minimum Gasteiger partial charge on any atom is -0.497 e. The number of carbonyl (C=O) groups is 1. The van der Waals surface area contributed by atoms with Crippen molar-refractivity contribution >= 4 is 44.8 Å². The number of amides is 1. The Morgan fingerprint density at radius 3 is 2.30 bits per heavy atom. The van der Waals surface area contributed by atoms with Crippen molar-refractivity contribution in [2.24, 2.45) is 0 Å². The monoisotopic (exact) mass is 569 g/mol. The van der Waals surface area contributed by atoms with Gasteiger partial charge in [0.25, 0.3) is 0 Å². The molecule has 2 aromatic rings. The van der Waals surface area contributed by atoms with Crippen molar-refractivity contribution in [2.45, 2.75) is 37.6 Å². The topological polar surface area (TPSA) is 79.4 Å². The Kier molecular flexibility index (Phi) is 8.91. The molecular formula is C26H33Cl2N3O5S. The van der Waals surface area contributed by atoms with Crippen molar-refractivity contribution in [3.05, 3.63) is 51.5 Å². The Morgan fingerprint density at radius 1 is 1.00 bits per heavy atom. The van der Waals surface area contributed by atoms with Crippen molar-refractivity contribution in [1.82, 2.24) is 9.21 Å². The highest BCUT2D eigenvalue weighted by Crippen LogP contribution is 2.32. The first-order valence-electron chi connectivity index (χ1n) is 12.3. The van der Waals surface area contributed by atoms with Gasteiger partial charge in [-0.05, 0) is 68.1 Å². The number of carbonyl (C=O) groups excluding carboxylic acids is 1. The molecule has 1 amide bonds. The van der Waals surface area contributed by atoms with Gasteiger partial charge in [0.2, 0.25) is 15.9 Å². The maximum absolute atomic E-state index is 13.6. The van der Waals surface area contributed by atoms with Gasteiger partial charge in [0, 0.05) is 44.5 Å². The number of hydrogen-bond acceptors (Lipinski definition) is 6. The molecule has 0 N–H and O–H groups in total. The highest BCUT2D eigenvalue weighted by molar-refractivity contribution is 7.89. The molecule has 2 aliphatic heterocycles. The first-order chi connectivity index (χ1) is 17.6. The number of ether oxygens (including phenoxy) is 2. The summed E-state index contributed by atoms with van der Waals surface area (Å²) in [6, 6.07) is 8.70. The summed E-state index contributed by atoms with van der Waals surface area (Å²) in [6.45, 7) is 6.61. The van der Waals surface area contributed by atoms with Crippen LogP contribution in [0.3, 0.4) is 0 Å². The van der Waals surface area contributed by atoms with Crippen molar-refractivity contribution in [3.8, 4) is 5.75 Å². The predicted octanol–water partition coefficient (Wildman–Crippen LogP) is 4.14. The Balaban J connectivity index is 1.30. The average molecular weight is 571 g/mol. The smallest absolute Gasteiger partial charge is 0.248 e. The van der Waals surface area contributed by atoms with Crippen LogP contribution < -0.4 is 9.64 Å². The lowest BCUT2D eigenvalue weighted by atomic mass is 10.1. The molecule has 2 aliphatic rings. The van der Waals surface area contributed by atoms with Gasteiger partial charge in [-0.2, -0.15) is 4.31 Å². The van der Waals surface area contributed by atoms with Crippen LogP contribution in [-0.2, 0) is 19.6 Å². The summed E-state index contributed by atoms with van der Waals surface area (Å²) in [7, 11) is -2.14. The van der Waals surface area contributed by atoms with Gasteiger partial charge in [0.1, 0.15) is 12.4 Å². The van der Waals surface area contributed by atoms with Gasteiger partial charge in [-0.25, -0.2) is 8.42 Å². The minimum absolute atomic E-state index is 0.0717. The molecule has 4 rings (SSSR count). The lowest BCUT2D eigenvalue weighted by Crippen LogP contribution is -2.50. The molecule has 0 radical (unpaired) electrons. The molecule has 0 saturated carbocycles. The molecule has 8 nitrogen and oxygen atoms in total. The van der Waals surface area contributed by atoms with Crippen LogP contribution in [0, 0.1) is 13.8 Å². The van der Waals surface area contributed by atoms with Crippen LogP contribution in [0.25, 0.3) is 0 Å². The van der Waals surface area contributed by atoms with E-state index in [4.69, 9.17) is 32.7 Å². The standard InChI is InChI=1S/C26H33Cl2N3O5S/c1-18-13-22(35-3)14-19(2)26(18)37(33,34)31-8-4-5-21(31)16-36-17-25(32)30-11-9-29(10-12-30)20-6-7-23(27)24(28)15-20/h6-7,13-15,21H,4-5,8-12,16-17H2,1-3H3. The van der Waals surface area contributed by atoms with Gasteiger partial charge in [0.05, 0.1) is 28.7 Å². The zero-order valence-electron chi connectivity index (χ0n) is 21.4. The van der Waals surface area contributed by atoms with Gasteiger partial charge in [-0.1, -0.05) is 23.2 Å². The molecule has 2 saturated heterocycles. The summed E-state index contributed by atoms with van der Waals surface area (Å²) in [5.41, 5.74) is 2.28. The summed E-state index contributed by atoms with van der Waals surface area (Å²) in [5.74, 6) is 0.537. The van der Waals surface area contributed by atoms with E-state index in [2.05, 4.69) is 4.90 Å². The second-order valence-electron chi connectivity index (χ2n) is 9.48. The van der Waals surface area contributed by atoms with Crippen molar-refractivity contribution in [2.75, 3.05) is 57.9 Å². The fraction of sp³-hybridized carbons (Fsp3) is 0.500. The lowest BCUT2D eigenvalue weighted by Gasteiger charge is -2.36. The zero-order chi connectivity index (χ0) is 26.7. The Bertz CT molecular complexity index is 1230. The molecule has 0 aliphatic carbocycles. The molecule has 2 aromatic carbocycles. The molecule has 0 bridgehead atoms. The summed E-state index contributed by atoms with van der Waals surface area (Å²) in [6.07, 6.45) is 1.45. The van der Waals surface area contributed by atoms with E-state index in [1.165, 1.54) is 4.31 Å². The van der Waals surface area contributed by atoms with E-state index in [1.807, 2.05) is 12.1 Å². The molecule has 1 unspecified atom stereocenters. The molecule has 0 aromatic heterocycles. The van der Waals surface area contributed by atoms with Crippen LogP contribution >= 0.6 is 23.2 Å².